The number of methoxy groups -OCH3 is 1. The molecule has 0 amide bonds. The van der Waals surface area contributed by atoms with Crippen LogP contribution in [0.1, 0.15) is 22.8 Å². The quantitative estimate of drug-likeness (QED) is 0.855. The number of rotatable bonds is 4. The van der Waals surface area contributed by atoms with Crippen molar-refractivity contribution in [2.45, 2.75) is 18.6 Å². The van der Waals surface area contributed by atoms with Crippen molar-refractivity contribution >= 4 is 22.6 Å². The lowest BCUT2D eigenvalue weighted by molar-refractivity contribution is 0.0694. The summed E-state index contributed by atoms with van der Waals surface area (Å²) in [6.07, 6.45) is 0.210. The Hall–Kier alpha value is -2.68. The zero-order chi connectivity index (χ0) is 20.2. The van der Waals surface area contributed by atoms with Gasteiger partial charge in [-0.3, -0.25) is 4.79 Å². The van der Waals surface area contributed by atoms with Crippen LogP contribution in [-0.4, -0.2) is 67.1 Å². The third-order valence-corrected chi connectivity index (χ3v) is 5.49. The third kappa shape index (κ3) is 2.90. The summed E-state index contributed by atoms with van der Waals surface area (Å²) in [6.45, 7) is 2.62. The average molecular weight is 393 g/mol. The van der Waals surface area contributed by atoms with Crippen LogP contribution in [0.5, 0.6) is 5.75 Å². The fourth-order valence-electron chi connectivity index (χ4n) is 3.82. The number of piperazine rings is 1. The molecule has 1 saturated heterocycles. The van der Waals surface area contributed by atoms with Gasteiger partial charge in [0.15, 0.2) is 11.6 Å². The van der Waals surface area contributed by atoms with E-state index in [-0.39, 0.29) is 28.8 Å². The second-order valence-corrected chi connectivity index (χ2v) is 7.33. The maximum atomic E-state index is 15.1. The summed E-state index contributed by atoms with van der Waals surface area (Å²) in [4.78, 5) is 28.1. The van der Waals surface area contributed by atoms with E-state index in [0.717, 1.165) is 25.4 Å². The van der Waals surface area contributed by atoms with E-state index in [2.05, 4.69) is 4.90 Å². The number of halogens is 2. The summed E-state index contributed by atoms with van der Waals surface area (Å²) in [6, 6.07) is 0.452. The number of fused-ring (bicyclic) bond motifs is 1. The molecular formula is C19H21F2N3O4. The van der Waals surface area contributed by atoms with E-state index >= 15 is 4.39 Å². The van der Waals surface area contributed by atoms with Crippen molar-refractivity contribution in [1.82, 2.24) is 9.47 Å². The summed E-state index contributed by atoms with van der Waals surface area (Å²) in [5.41, 5.74) is -0.870. The van der Waals surface area contributed by atoms with E-state index in [9.17, 15) is 19.1 Å². The fraction of sp³-hybridized carbons (Fsp3) is 0.474. The molecule has 1 aromatic carbocycles. The molecule has 28 heavy (non-hydrogen) atoms. The Bertz CT molecular complexity index is 1010. The highest BCUT2D eigenvalue weighted by atomic mass is 19.1. The number of carboxylic acid groups (broad SMARTS) is 1. The second-order valence-electron chi connectivity index (χ2n) is 7.33. The molecule has 150 valence electrons. The first-order valence-electron chi connectivity index (χ1n) is 9.09. The average Bonchev–Trinajstić information content (AvgIpc) is 3.38. The van der Waals surface area contributed by atoms with Gasteiger partial charge >= 0.3 is 5.97 Å². The summed E-state index contributed by atoms with van der Waals surface area (Å²) in [5, 5.41) is 9.23. The van der Waals surface area contributed by atoms with Gasteiger partial charge in [0.2, 0.25) is 5.43 Å². The zero-order valence-electron chi connectivity index (χ0n) is 15.6. The molecule has 7 nitrogen and oxygen atoms in total. The molecule has 0 bridgehead atoms. The van der Waals surface area contributed by atoms with Crippen molar-refractivity contribution in [3.05, 3.63) is 33.9 Å². The van der Waals surface area contributed by atoms with Crippen LogP contribution >= 0.6 is 0 Å². The van der Waals surface area contributed by atoms with Gasteiger partial charge in [0.25, 0.3) is 0 Å². The lowest BCUT2D eigenvalue weighted by Gasteiger charge is -2.35. The molecule has 9 heteroatoms. The Morgan fingerprint density at radius 1 is 1.29 bits per heavy atom. The van der Waals surface area contributed by atoms with Crippen LogP contribution in [0.25, 0.3) is 10.9 Å². The highest BCUT2D eigenvalue weighted by molar-refractivity contribution is 5.97. The highest BCUT2D eigenvalue weighted by Crippen LogP contribution is 2.45. The smallest absolute Gasteiger partial charge is 0.341 e. The number of hydrogen-bond donors (Lipinski definition) is 1. The van der Waals surface area contributed by atoms with E-state index in [1.54, 1.807) is 0 Å². The van der Waals surface area contributed by atoms with Gasteiger partial charge in [-0.05, 0) is 13.1 Å². The molecule has 1 aromatic heterocycles. The van der Waals surface area contributed by atoms with Crippen LogP contribution in [0.2, 0.25) is 0 Å². The molecule has 0 radical (unpaired) electrons. The van der Waals surface area contributed by atoms with Gasteiger partial charge in [-0.2, -0.15) is 0 Å². The van der Waals surface area contributed by atoms with E-state index in [4.69, 9.17) is 4.74 Å². The van der Waals surface area contributed by atoms with Crippen LogP contribution in [0.3, 0.4) is 0 Å². The molecule has 0 unspecified atom stereocenters. The van der Waals surface area contributed by atoms with Crippen molar-refractivity contribution in [2.24, 2.45) is 0 Å². The Morgan fingerprint density at radius 3 is 2.46 bits per heavy atom. The van der Waals surface area contributed by atoms with Crippen LogP contribution in [0, 0.1) is 5.82 Å². The number of aromatic carboxylic acids is 1. The molecule has 2 aromatic rings. The molecule has 0 spiro atoms. The monoisotopic (exact) mass is 393 g/mol. The topological polar surface area (TPSA) is 75.0 Å². The van der Waals surface area contributed by atoms with Crippen molar-refractivity contribution in [3.8, 4) is 5.75 Å². The normalized spacial score (nSPS) is 22.5. The Balaban J connectivity index is 2.01. The summed E-state index contributed by atoms with van der Waals surface area (Å²) < 4.78 is 35.9. The van der Waals surface area contributed by atoms with Crippen LogP contribution < -0.4 is 15.1 Å². The number of hydrogen-bond acceptors (Lipinski definition) is 5. The van der Waals surface area contributed by atoms with Gasteiger partial charge in [0.05, 0.1) is 24.1 Å². The summed E-state index contributed by atoms with van der Waals surface area (Å²) in [5.74, 6) is -1.96. The number of alkyl halides is 1. The number of nitrogens with zero attached hydrogens (tertiary/aromatic N) is 3. The van der Waals surface area contributed by atoms with Crippen LogP contribution in [0.15, 0.2) is 17.1 Å². The van der Waals surface area contributed by atoms with E-state index in [1.807, 2.05) is 11.9 Å². The molecule has 1 saturated carbocycles. The molecule has 2 heterocycles. The minimum Gasteiger partial charge on any atom is -0.492 e. The van der Waals surface area contributed by atoms with E-state index in [0.29, 0.717) is 13.1 Å². The van der Waals surface area contributed by atoms with Crippen molar-refractivity contribution in [1.29, 1.82) is 0 Å². The lowest BCUT2D eigenvalue weighted by Crippen LogP contribution is -2.45. The first-order valence-corrected chi connectivity index (χ1v) is 9.09. The van der Waals surface area contributed by atoms with Crippen LogP contribution in [-0.2, 0) is 0 Å². The number of anilines is 1. The SMILES string of the molecule is COc1c(N2CCN(C)CC2)c(F)cc2c(=O)c(C(=O)O)cn([C@@H]3C[C@H]3F)c12. The molecule has 1 aliphatic heterocycles. The molecule has 2 fully saturated rings. The lowest BCUT2D eigenvalue weighted by atomic mass is 10.1. The van der Waals surface area contributed by atoms with Gasteiger partial charge in [-0.1, -0.05) is 0 Å². The molecule has 2 aliphatic rings. The summed E-state index contributed by atoms with van der Waals surface area (Å²) in [7, 11) is 3.35. The van der Waals surface area contributed by atoms with Crippen molar-refractivity contribution in [3.63, 3.8) is 0 Å². The number of carboxylic acids is 1. The maximum Gasteiger partial charge on any atom is 0.341 e. The highest BCUT2D eigenvalue weighted by Gasteiger charge is 2.41. The zero-order valence-corrected chi connectivity index (χ0v) is 15.6. The van der Waals surface area contributed by atoms with Gasteiger partial charge in [0.1, 0.15) is 17.4 Å². The van der Waals surface area contributed by atoms with Crippen LogP contribution in [0.4, 0.5) is 14.5 Å². The number of pyridine rings is 1. The second kappa shape index (κ2) is 6.73. The first-order chi connectivity index (χ1) is 13.3. The number of likely N-dealkylation sites (N-methyl/N-ethyl adjacent to an activating group) is 1. The van der Waals surface area contributed by atoms with Gasteiger partial charge in [0, 0.05) is 38.8 Å². The van der Waals surface area contributed by atoms with Gasteiger partial charge in [-0.25, -0.2) is 13.6 Å². The Morgan fingerprint density at radius 2 is 1.93 bits per heavy atom. The predicted octanol–water partition coefficient (Wildman–Crippen LogP) is 1.88. The van der Waals surface area contributed by atoms with Crippen molar-refractivity contribution in [2.75, 3.05) is 45.2 Å². The minimum absolute atomic E-state index is 0.119. The van der Waals surface area contributed by atoms with E-state index in [1.165, 1.54) is 11.7 Å². The molecule has 1 N–H and O–H groups in total. The fourth-order valence-corrected chi connectivity index (χ4v) is 3.82. The number of ether oxygens (including phenoxy) is 1. The number of aromatic nitrogens is 1. The number of benzene rings is 1. The number of carbonyl (C=O) groups is 1. The largest absolute Gasteiger partial charge is 0.492 e. The van der Waals surface area contributed by atoms with Crippen molar-refractivity contribution < 1.29 is 23.4 Å². The Kier molecular flexibility index (Phi) is 4.49. The minimum atomic E-state index is -1.43. The summed E-state index contributed by atoms with van der Waals surface area (Å²) >= 11 is 0. The molecule has 1 aliphatic carbocycles. The van der Waals surface area contributed by atoms with E-state index < -0.39 is 35.0 Å². The Labute approximate surface area is 159 Å². The molecule has 4 rings (SSSR count). The van der Waals surface area contributed by atoms with Gasteiger partial charge in [-0.15, -0.1) is 0 Å². The first kappa shape index (κ1) is 18.7. The standard InChI is InChI=1S/C19H21F2N3O4/c1-22-3-5-23(6-4-22)16-13(21)7-10-15(18(16)28-2)24(14-8-12(14)20)9-11(17(10)25)19(26)27/h7,9,12,14H,3-6,8H2,1-2H3,(H,26,27)/t12-,14-/m1/s1. The maximum absolute atomic E-state index is 15.1. The third-order valence-electron chi connectivity index (χ3n) is 5.49. The molecule has 2 atom stereocenters. The predicted molar refractivity (Wildman–Crippen MR) is 99.9 cm³/mol. The van der Waals surface area contributed by atoms with Gasteiger partial charge < -0.3 is 24.2 Å². The molecular weight excluding hydrogens is 372 g/mol.